The van der Waals surface area contributed by atoms with E-state index in [0.29, 0.717) is 39.9 Å². The number of fused-ring (bicyclic) bond motifs is 1. The molecule has 8 heteroatoms. The number of benzene rings is 1. The number of aromatic nitrogens is 4. The highest BCUT2D eigenvalue weighted by molar-refractivity contribution is 6.42. The van der Waals surface area contributed by atoms with Crippen LogP contribution in [-0.4, -0.2) is 18.9 Å². The Morgan fingerprint density at radius 3 is 2.54 bits per heavy atom. The molecular formula is C18H20Cl2N4O2. The molecule has 0 atom stereocenters. The first-order valence-electron chi connectivity index (χ1n) is 8.32. The van der Waals surface area contributed by atoms with Gasteiger partial charge in [0.15, 0.2) is 5.65 Å². The minimum absolute atomic E-state index is 0.237. The van der Waals surface area contributed by atoms with E-state index >= 15 is 0 Å². The van der Waals surface area contributed by atoms with Crippen molar-refractivity contribution in [2.75, 3.05) is 0 Å². The Labute approximate surface area is 160 Å². The lowest BCUT2D eigenvalue weighted by Crippen LogP contribution is -2.38. The molecule has 1 aromatic carbocycles. The zero-order chi connectivity index (χ0) is 19.2. The number of nitrogens with zero attached hydrogens (tertiary/aromatic N) is 4. The van der Waals surface area contributed by atoms with Crippen LogP contribution < -0.4 is 11.2 Å². The predicted molar refractivity (Wildman–Crippen MR) is 104 cm³/mol. The fourth-order valence-corrected chi connectivity index (χ4v) is 3.39. The molecule has 0 saturated heterocycles. The van der Waals surface area contributed by atoms with E-state index in [2.05, 4.69) is 5.10 Å². The summed E-state index contributed by atoms with van der Waals surface area (Å²) in [6.45, 7) is 6.69. The van der Waals surface area contributed by atoms with E-state index in [-0.39, 0.29) is 17.2 Å². The first-order chi connectivity index (χ1) is 12.2. The maximum atomic E-state index is 12.6. The van der Waals surface area contributed by atoms with Crippen LogP contribution in [0.3, 0.4) is 0 Å². The monoisotopic (exact) mass is 394 g/mol. The molecule has 3 rings (SSSR count). The summed E-state index contributed by atoms with van der Waals surface area (Å²) in [4.78, 5) is 25.2. The van der Waals surface area contributed by atoms with Crippen molar-refractivity contribution in [1.29, 1.82) is 0 Å². The van der Waals surface area contributed by atoms with Crippen LogP contribution in [0.25, 0.3) is 11.0 Å². The van der Waals surface area contributed by atoms with Crippen LogP contribution in [0.4, 0.5) is 0 Å². The van der Waals surface area contributed by atoms with E-state index in [9.17, 15) is 9.59 Å². The van der Waals surface area contributed by atoms with Crippen molar-refractivity contribution in [3.8, 4) is 0 Å². The van der Waals surface area contributed by atoms with Crippen molar-refractivity contribution in [3.63, 3.8) is 0 Å². The van der Waals surface area contributed by atoms with Crippen LogP contribution in [0.2, 0.25) is 10.0 Å². The summed E-state index contributed by atoms with van der Waals surface area (Å²) in [5.74, 6) is 0.237. The third kappa shape index (κ3) is 3.08. The lowest BCUT2D eigenvalue weighted by molar-refractivity contribution is 0.497. The average Bonchev–Trinajstić information content (AvgIpc) is 2.90. The van der Waals surface area contributed by atoms with Crippen molar-refractivity contribution in [3.05, 3.63) is 60.3 Å². The largest absolute Gasteiger partial charge is 0.332 e. The first-order valence-corrected chi connectivity index (χ1v) is 9.07. The number of aryl methyl sites for hydroxylation is 1. The number of hydrogen-bond donors (Lipinski definition) is 0. The van der Waals surface area contributed by atoms with Gasteiger partial charge >= 0.3 is 5.69 Å². The standard InChI is InChI=1S/C18H20Cl2N4O2/c1-10(2)8-23-16-14(17(25)22(4)18(23)26)11(3)24(21-16)9-12-6-5-7-13(19)15(12)20/h5-7,10H,8-9H2,1-4H3. The summed E-state index contributed by atoms with van der Waals surface area (Å²) in [6, 6.07) is 5.39. The van der Waals surface area contributed by atoms with Crippen LogP contribution in [0.15, 0.2) is 27.8 Å². The number of halogens is 2. The molecular weight excluding hydrogens is 375 g/mol. The van der Waals surface area contributed by atoms with Crippen molar-refractivity contribution < 1.29 is 0 Å². The minimum atomic E-state index is -0.360. The highest BCUT2D eigenvalue weighted by Crippen LogP contribution is 2.27. The van der Waals surface area contributed by atoms with Crippen LogP contribution >= 0.6 is 23.2 Å². The Morgan fingerprint density at radius 2 is 1.88 bits per heavy atom. The smallest absolute Gasteiger partial charge is 0.276 e. The molecule has 6 nitrogen and oxygen atoms in total. The van der Waals surface area contributed by atoms with Gasteiger partial charge in [0.05, 0.1) is 22.3 Å². The topological polar surface area (TPSA) is 61.8 Å². The van der Waals surface area contributed by atoms with Crippen LogP contribution in [0.1, 0.15) is 25.1 Å². The van der Waals surface area contributed by atoms with Crippen molar-refractivity contribution in [1.82, 2.24) is 18.9 Å². The summed E-state index contributed by atoms with van der Waals surface area (Å²) in [6.07, 6.45) is 0. The molecule has 0 unspecified atom stereocenters. The van der Waals surface area contributed by atoms with Gasteiger partial charge in [-0.15, -0.1) is 0 Å². The molecule has 0 spiro atoms. The van der Waals surface area contributed by atoms with E-state index in [4.69, 9.17) is 23.2 Å². The Bertz CT molecular complexity index is 1110. The summed E-state index contributed by atoms with van der Waals surface area (Å²) in [5, 5.41) is 5.93. The zero-order valence-electron chi connectivity index (χ0n) is 15.1. The van der Waals surface area contributed by atoms with Gasteiger partial charge in [0.1, 0.15) is 5.39 Å². The SMILES string of the molecule is Cc1c2c(=O)n(C)c(=O)n(CC(C)C)c2nn1Cc1cccc(Cl)c1Cl. The normalized spacial score (nSPS) is 11.7. The Kier molecular flexibility index (Phi) is 4.99. The third-order valence-electron chi connectivity index (χ3n) is 4.38. The van der Waals surface area contributed by atoms with Gasteiger partial charge in [-0.2, -0.15) is 5.10 Å². The Hall–Kier alpha value is -2.05. The fourth-order valence-electron chi connectivity index (χ4n) is 3.01. The summed E-state index contributed by atoms with van der Waals surface area (Å²) in [5.41, 5.74) is 1.19. The Morgan fingerprint density at radius 1 is 1.19 bits per heavy atom. The van der Waals surface area contributed by atoms with Crippen molar-refractivity contribution in [2.24, 2.45) is 13.0 Å². The third-order valence-corrected chi connectivity index (χ3v) is 5.24. The molecule has 0 fully saturated rings. The molecule has 26 heavy (non-hydrogen) atoms. The molecule has 0 amide bonds. The van der Waals surface area contributed by atoms with Gasteiger partial charge in [-0.25, -0.2) is 4.79 Å². The molecule has 2 aromatic heterocycles. The second kappa shape index (κ2) is 6.93. The molecule has 0 radical (unpaired) electrons. The van der Waals surface area contributed by atoms with E-state index < -0.39 is 0 Å². The van der Waals surface area contributed by atoms with Gasteiger partial charge in [-0.1, -0.05) is 49.2 Å². The lowest BCUT2D eigenvalue weighted by Gasteiger charge is -2.10. The highest BCUT2D eigenvalue weighted by atomic mass is 35.5. The molecule has 0 saturated carbocycles. The van der Waals surface area contributed by atoms with Crippen molar-refractivity contribution in [2.45, 2.75) is 33.9 Å². The van der Waals surface area contributed by atoms with Gasteiger partial charge in [-0.3, -0.25) is 18.6 Å². The van der Waals surface area contributed by atoms with Gasteiger partial charge in [0, 0.05) is 13.6 Å². The van der Waals surface area contributed by atoms with Gasteiger partial charge in [-0.05, 0) is 24.5 Å². The summed E-state index contributed by atoms with van der Waals surface area (Å²) < 4.78 is 4.39. The van der Waals surface area contributed by atoms with Gasteiger partial charge in [0.25, 0.3) is 5.56 Å². The van der Waals surface area contributed by atoms with Gasteiger partial charge in [0.2, 0.25) is 0 Å². The van der Waals surface area contributed by atoms with Crippen LogP contribution in [0, 0.1) is 12.8 Å². The number of hydrogen-bond acceptors (Lipinski definition) is 3. The maximum absolute atomic E-state index is 12.6. The van der Waals surface area contributed by atoms with Gasteiger partial charge < -0.3 is 0 Å². The van der Waals surface area contributed by atoms with E-state index in [0.717, 1.165) is 10.1 Å². The Balaban J connectivity index is 2.25. The molecule has 0 bridgehead atoms. The average molecular weight is 395 g/mol. The van der Waals surface area contributed by atoms with Crippen LogP contribution in [0.5, 0.6) is 0 Å². The molecule has 138 valence electrons. The molecule has 2 heterocycles. The second-order valence-corrected chi connectivity index (χ2v) is 7.59. The van der Waals surface area contributed by atoms with E-state index in [1.54, 1.807) is 15.3 Å². The summed E-state index contributed by atoms with van der Waals surface area (Å²) >= 11 is 12.4. The predicted octanol–water partition coefficient (Wildman–Crippen LogP) is 3.22. The first kappa shape index (κ1) is 18.7. The zero-order valence-corrected chi connectivity index (χ0v) is 16.6. The molecule has 0 N–H and O–H groups in total. The minimum Gasteiger partial charge on any atom is -0.276 e. The molecule has 0 aliphatic rings. The lowest BCUT2D eigenvalue weighted by atomic mass is 10.2. The quantitative estimate of drug-likeness (QED) is 0.682. The molecule has 0 aliphatic heterocycles. The van der Waals surface area contributed by atoms with Crippen LogP contribution in [-0.2, 0) is 20.1 Å². The van der Waals surface area contributed by atoms with E-state index in [1.807, 2.05) is 32.9 Å². The second-order valence-electron chi connectivity index (χ2n) is 6.81. The summed E-state index contributed by atoms with van der Waals surface area (Å²) in [7, 11) is 1.49. The fraction of sp³-hybridized carbons (Fsp3) is 0.389. The molecule has 3 aromatic rings. The van der Waals surface area contributed by atoms with Crippen molar-refractivity contribution >= 4 is 34.2 Å². The number of rotatable bonds is 4. The van der Waals surface area contributed by atoms with E-state index in [1.165, 1.54) is 7.05 Å². The highest BCUT2D eigenvalue weighted by Gasteiger charge is 2.19. The maximum Gasteiger partial charge on any atom is 0.332 e. The molecule has 0 aliphatic carbocycles.